The van der Waals surface area contributed by atoms with E-state index in [-0.39, 0.29) is 12.1 Å². The molecule has 0 bridgehead atoms. The van der Waals surface area contributed by atoms with Crippen molar-refractivity contribution in [3.05, 3.63) is 0 Å². The predicted octanol–water partition coefficient (Wildman–Crippen LogP) is 1.82. The SMILES string of the molecule is CCCNCC1CCCCN1S(=O)(=O)NC(C)CSCC. The van der Waals surface area contributed by atoms with E-state index >= 15 is 0 Å². The summed E-state index contributed by atoms with van der Waals surface area (Å²) in [4.78, 5) is 0. The highest BCUT2D eigenvalue weighted by Crippen LogP contribution is 2.20. The fraction of sp³-hybridized carbons (Fsp3) is 1.00. The summed E-state index contributed by atoms with van der Waals surface area (Å²) in [7, 11) is -3.37. The van der Waals surface area contributed by atoms with Crippen molar-refractivity contribution in [2.75, 3.05) is 31.1 Å². The quantitative estimate of drug-likeness (QED) is 0.597. The molecule has 5 nitrogen and oxygen atoms in total. The van der Waals surface area contributed by atoms with Crippen LogP contribution in [0.1, 0.15) is 46.5 Å². The molecule has 0 spiro atoms. The molecule has 1 heterocycles. The van der Waals surface area contributed by atoms with E-state index in [1.54, 1.807) is 16.1 Å². The Balaban J connectivity index is 2.59. The van der Waals surface area contributed by atoms with Crippen LogP contribution in [-0.2, 0) is 10.2 Å². The smallest absolute Gasteiger partial charge is 0.280 e. The highest BCUT2D eigenvalue weighted by Gasteiger charge is 2.32. The van der Waals surface area contributed by atoms with E-state index in [4.69, 9.17) is 0 Å². The van der Waals surface area contributed by atoms with Gasteiger partial charge in [0.25, 0.3) is 10.2 Å². The van der Waals surface area contributed by atoms with Crippen molar-refractivity contribution in [2.45, 2.75) is 58.5 Å². The molecule has 0 aromatic carbocycles. The van der Waals surface area contributed by atoms with Gasteiger partial charge < -0.3 is 5.32 Å². The molecule has 2 unspecified atom stereocenters. The van der Waals surface area contributed by atoms with E-state index in [1.165, 1.54) is 0 Å². The van der Waals surface area contributed by atoms with Gasteiger partial charge in [0.05, 0.1) is 0 Å². The van der Waals surface area contributed by atoms with Gasteiger partial charge >= 0.3 is 0 Å². The molecule has 1 fully saturated rings. The Bertz CT molecular complexity index is 376. The lowest BCUT2D eigenvalue weighted by Crippen LogP contribution is -2.54. The maximum Gasteiger partial charge on any atom is 0.280 e. The van der Waals surface area contributed by atoms with Crippen LogP contribution in [0.15, 0.2) is 0 Å². The first-order valence-electron chi connectivity index (χ1n) is 8.08. The summed E-state index contributed by atoms with van der Waals surface area (Å²) in [5, 5.41) is 3.36. The fourth-order valence-electron chi connectivity index (χ4n) is 2.59. The molecule has 0 radical (unpaired) electrons. The molecule has 2 N–H and O–H groups in total. The van der Waals surface area contributed by atoms with Crippen LogP contribution in [-0.4, -0.2) is 55.9 Å². The Kier molecular flexibility index (Phi) is 9.20. The largest absolute Gasteiger partial charge is 0.315 e. The van der Waals surface area contributed by atoms with Crippen LogP contribution in [0.5, 0.6) is 0 Å². The van der Waals surface area contributed by atoms with Gasteiger partial charge in [-0.1, -0.05) is 20.3 Å². The maximum absolute atomic E-state index is 12.6. The van der Waals surface area contributed by atoms with Crippen molar-refractivity contribution in [3.63, 3.8) is 0 Å². The van der Waals surface area contributed by atoms with Crippen molar-refractivity contribution < 1.29 is 8.42 Å². The van der Waals surface area contributed by atoms with Gasteiger partial charge in [0, 0.05) is 30.9 Å². The third kappa shape index (κ3) is 6.86. The molecular weight excluding hydrogens is 306 g/mol. The Morgan fingerprint density at radius 2 is 2.10 bits per heavy atom. The van der Waals surface area contributed by atoms with Gasteiger partial charge in [-0.2, -0.15) is 29.2 Å². The molecule has 1 aliphatic heterocycles. The molecule has 21 heavy (non-hydrogen) atoms. The van der Waals surface area contributed by atoms with E-state index in [0.29, 0.717) is 6.54 Å². The summed E-state index contributed by atoms with van der Waals surface area (Å²) in [6.45, 7) is 8.49. The number of rotatable bonds is 10. The average molecular weight is 338 g/mol. The minimum absolute atomic E-state index is 0.0221. The molecule has 1 rings (SSSR count). The average Bonchev–Trinajstić information content (AvgIpc) is 2.45. The van der Waals surface area contributed by atoms with Gasteiger partial charge in [0.2, 0.25) is 0 Å². The molecule has 126 valence electrons. The normalized spacial score (nSPS) is 22.3. The summed E-state index contributed by atoms with van der Waals surface area (Å²) in [5.41, 5.74) is 0. The van der Waals surface area contributed by atoms with Crippen LogP contribution >= 0.6 is 11.8 Å². The first kappa shape index (κ1) is 19.2. The van der Waals surface area contributed by atoms with Crippen molar-refractivity contribution in [1.29, 1.82) is 0 Å². The third-order valence-corrected chi connectivity index (χ3v) is 6.55. The van der Waals surface area contributed by atoms with Gasteiger partial charge in [-0.15, -0.1) is 0 Å². The highest BCUT2D eigenvalue weighted by molar-refractivity contribution is 7.99. The molecule has 0 aromatic heterocycles. The van der Waals surface area contributed by atoms with Crippen molar-refractivity contribution in [2.24, 2.45) is 0 Å². The number of nitrogens with zero attached hydrogens (tertiary/aromatic N) is 1. The molecule has 0 aromatic rings. The molecule has 0 aliphatic carbocycles. The van der Waals surface area contributed by atoms with Crippen molar-refractivity contribution in [3.8, 4) is 0 Å². The van der Waals surface area contributed by atoms with E-state index in [9.17, 15) is 8.42 Å². The summed E-state index contributed by atoms with van der Waals surface area (Å²) < 4.78 is 29.7. The minimum Gasteiger partial charge on any atom is -0.315 e. The van der Waals surface area contributed by atoms with Gasteiger partial charge in [-0.25, -0.2) is 0 Å². The Morgan fingerprint density at radius 3 is 2.76 bits per heavy atom. The molecule has 0 saturated carbocycles. The van der Waals surface area contributed by atoms with Crippen LogP contribution in [0, 0.1) is 0 Å². The lowest BCUT2D eigenvalue weighted by atomic mass is 10.1. The maximum atomic E-state index is 12.6. The van der Waals surface area contributed by atoms with E-state index in [0.717, 1.165) is 50.3 Å². The van der Waals surface area contributed by atoms with Crippen LogP contribution in [0.2, 0.25) is 0 Å². The van der Waals surface area contributed by atoms with Gasteiger partial charge in [0.15, 0.2) is 0 Å². The standard InChI is InChI=1S/C14H31N3O2S2/c1-4-9-15-11-14-8-6-7-10-17(14)21(18,19)16-13(3)12-20-5-2/h13-16H,4-12H2,1-3H3. The minimum atomic E-state index is -3.37. The predicted molar refractivity (Wildman–Crippen MR) is 92.0 cm³/mol. The van der Waals surface area contributed by atoms with Crippen LogP contribution < -0.4 is 10.0 Å². The van der Waals surface area contributed by atoms with E-state index < -0.39 is 10.2 Å². The number of piperidine rings is 1. The van der Waals surface area contributed by atoms with Crippen LogP contribution in [0.4, 0.5) is 0 Å². The molecular formula is C14H31N3O2S2. The number of thioether (sulfide) groups is 1. The Morgan fingerprint density at radius 1 is 1.33 bits per heavy atom. The van der Waals surface area contributed by atoms with Gasteiger partial charge in [-0.05, 0) is 38.5 Å². The van der Waals surface area contributed by atoms with Gasteiger partial charge in [0.1, 0.15) is 0 Å². The first-order chi connectivity index (χ1) is 10.0. The molecule has 1 aliphatic rings. The Labute approximate surface area is 134 Å². The Hall–Kier alpha value is 0.180. The lowest BCUT2D eigenvalue weighted by Gasteiger charge is -2.35. The monoisotopic (exact) mass is 337 g/mol. The number of hydrogen-bond donors (Lipinski definition) is 2. The second-order valence-corrected chi connectivity index (χ2v) is 8.62. The summed E-state index contributed by atoms with van der Waals surface area (Å²) in [6.07, 6.45) is 4.10. The second kappa shape index (κ2) is 10.0. The van der Waals surface area contributed by atoms with Crippen LogP contribution in [0.25, 0.3) is 0 Å². The van der Waals surface area contributed by atoms with Crippen LogP contribution in [0.3, 0.4) is 0 Å². The third-order valence-electron chi connectivity index (χ3n) is 3.61. The molecule has 2 atom stereocenters. The summed E-state index contributed by atoms with van der Waals surface area (Å²) >= 11 is 1.76. The topological polar surface area (TPSA) is 61.4 Å². The first-order valence-corrected chi connectivity index (χ1v) is 10.7. The van der Waals surface area contributed by atoms with E-state index in [2.05, 4.69) is 23.9 Å². The van der Waals surface area contributed by atoms with Crippen molar-refractivity contribution >= 4 is 22.0 Å². The fourth-order valence-corrected chi connectivity index (χ4v) is 5.04. The zero-order valence-electron chi connectivity index (χ0n) is 13.6. The molecule has 7 heteroatoms. The van der Waals surface area contributed by atoms with Crippen molar-refractivity contribution in [1.82, 2.24) is 14.3 Å². The second-order valence-electron chi connectivity index (χ2n) is 5.65. The van der Waals surface area contributed by atoms with Gasteiger partial charge in [-0.3, -0.25) is 0 Å². The molecule has 0 amide bonds. The highest BCUT2D eigenvalue weighted by atomic mass is 32.2. The number of hydrogen-bond acceptors (Lipinski definition) is 4. The molecule has 1 saturated heterocycles. The zero-order valence-corrected chi connectivity index (χ0v) is 15.2. The zero-order chi connectivity index (χ0) is 15.7. The lowest BCUT2D eigenvalue weighted by molar-refractivity contribution is 0.242. The number of nitrogens with one attached hydrogen (secondary N) is 2. The van der Waals surface area contributed by atoms with E-state index in [1.807, 2.05) is 6.92 Å². The summed E-state index contributed by atoms with van der Waals surface area (Å²) in [6, 6.07) is 0.0694. The summed E-state index contributed by atoms with van der Waals surface area (Å²) in [5.74, 6) is 1.83.